The number of hydrogen-bond donors (Lipinski definition) is 3. The van der Waals surface area contributed by atoms with Gasteiger partial charge in [-0.1, -0.05) is 19.4 Å². The number of aryl methyl sites for hydroxylation is 1. The van der Waals surface area contributed by atoms with Crippen LogP contribution in [0, 0.1) is 0 Å². The maximum atomic E-state index is 11.9. The third kappa shape index (κ3) is 6.71. The van der Waals surface area contributed by atoms with Gasteiger partial charge in [0, 0.05) is 44.1 Å². The van der Waals surface area contributed by atoms with Gasteiger partial charge in [-0.2, -0.15) is 0 Å². The Morgan fingerprint density at radius 3 is 2.72 bits per heavy atom. The zero-order chi connectivity index (χ0) is 25.6. The molecule has 3 N–H and O–H groups in total. The number of nitrogens with zero attached hydrogens (tertiary/aromatic N) is 3. The Morgan fingerprint density at radius 1 is 1.28 bits per heavy atom. The van der Waals surface area contributed by atoms with Gasteiger partial charge in [-0.3, -0.25) is 0 Å². The molecule has 1 aromatic carbocycles. The van der Waals surface area contributed by atoms with Crippen LogP contribution in [0.4, 0.5) is 5.95 Å². The third-order valence-electron chi connectivity index (χ3n) is 6.87. The van der Waals surface area contributed by atoms with E-state index in [1.54, 1.807) is 12.1 Å². The van der Waals surface area contributed by atoms with E-state index < -0.39 is 16.1 Å². The number of anilines is 1. The first-order valence-corrected chi connectivity index (χ1v) is 14.1. The number of sulfonamides is 1. The fourth-order valence-electron chi connectivity index (χ4n) is 4.77. The van der Waals surface area contributed by atoms with E-state index in [1.165, 1.54) is 24.7 Å². The minimum Gasteiger partial charge on any atom is -0.491 e. The van der Waals surface area contributed by atoms with E-state index >= 15 is 0 Å². The summed E-state index contributed by atoms with van der Waals surface area (Å²) < 4.78 is 38.0. The first kappa shape index (κ1) is 26.7. The first-order valence-electron chi connectivity index (χ1n) is 12.6. The van der Waals surface area contributed by atoms with Gasteiger partial charge in [0.2, 0.25) is 16.0 Å². The van der Waals surface area contributed by atoms with Gasteiger partial charge in [0.15, 0.2) is 0 Å². The normalized spacial score (nSPS) is 20.5. The highest BCUT2D eigenvalue weighted by atomic mass is 32.2. The Morgan fingerprint density at radius 2 is 2.03 bits per heavy atom. The Labute approximate surface area is 213 Å². The van der Waals surface area contributed by atoms with Crippen molar-refractivity contribution in [3.8, 4) is 5.75 Å². The summed E-state index contributed by atoms with van der Waals surface area (Å²) in [6.07, 6.45) is 7.95. The molecule has 0 amide bonds. The Balaban J connectivity index is 1.19. The van der Waals surface area contributed by atoms with Gasteiger partial charge in [-0.05, 0) is 50.4 Å². The van der Waals surface area contributed by atoms with Crippen LogP contribution in [0.25, 0.3) is 0 Å². The molecule has 3 heterocycles. The second kappa shape index (κ2) is 11.8. The summed E-state index contributed by atoms with van der Waals surface area (Å²) in [7, 11) is -2.19. The molecule has 1 aromatic heterocycles. The molecule has 2 aliphatic heterocycles. The molecule has 0 aliphatic carbocycles. The van der Waals surface area contributed by atoms with Gasteiger partial charge in [0.1, 0.15) is 18.5 Å². The van der Waals surface area contributed by atoms with Gasteiger partial charge in [0.25, 0.3) is 0 Å². The summed E-state index contributed by atoms with van der Waals surface area (Å²) in [5, 5.41) is 13.8. The summed E-state index contributed by atoms with van der Waals surface area (Å²) in [4.78, 5) is 11.4. The second-order valence-electron chi connectivity index (χ2n) is 9.58. The molecular formula is C25H37N5O5S. The molecule has 0 radical (unpaired) electrons. The van der Waals surface area contributed by atoms with Crippen molar-refractivity contribution in [2.24, 2.45) is 0 Å². The van der Waals surface area contributed by atoms with E-state index in [2.05, 4.69) is 31.8 Å². The summed E-state index contributed by atoms with van der Waals surface area (Å²) >= 11 is 0. The summed E-state index contributed by atoms with van der Waals surface area (Å²) in [5.74, 6) is 1.18. The highest BCUT2D eigenvalue weighted by Crippen LogP contribution is 2.36. The van der Waals surface area contributed by atoms with Crippen LogP contribution in [0.15, 0.2) is 41.6 Å². The predicted octanol–water partition coefficient (Wildman–Crippen LogP) is 1.49. The Hall–Kier alpha value is -2.31. The molecule has 11 heteroatoms. The van der Waals surface area contributed by atoms with E-state index in [0.29, 0.717) is 18.9 Å². The smallest absolute Gasteiger partial charge is 0.240 e. The summed E-state index contributed by atoms with van der Waals surface area (Å²) in [6.45, 7) is 4.90. The lowest BCUT2D eigenvalue weighted by Gasteiger charge is -2.38. The highest BCUT2D eigenvalue weighted by molar-refractivity contribution is 7.89. The Bertz CT molecular complexity index is 1090. The molecule has 2 atom stereocenters. The molecule has 0 saturated carbocycles. The van der Waals surface area contributed by atoms with E-state index in [-0.39, 0.29) is 23.1 Å². The maximum Gasteiger partial charge on any atom is 0.240 e. The molecule has 198 valence electrons. The number of piperidine rings is 1. The van der Waals surface area contributed by atoms with Crippen LogP contribution in [-0.2, 0) is 21.2 Å². The maximum absolute atomic E-state index is 11.9. The minimum absolute atomic E-state index is 0.0563. The van der Waals surface area contributed by atoms with Crippen LogP contribution in [0.2, 0.25) is 0 Å². The number of nitrogens with one attached hydrogen (secondary N) is 2. The molecule has 1 spiro atoms. The van der Waals surface area contributed by atoms with Gasteiger partial charge >= 0.3 is 0 Å². The van der Waals surface area contributed by atoms with Crippen molar-refractivity contribution in [1.82, 2.24) is 20.0 Å². The van der Waals surface area contributed by atoms with Crippen LogP contribution in [0.5, 0.6) is 5.75 Å². The van der Waals surface area contributed by atoms with E-state index in [4.69, 9.17) is 9.47 Å². The first-order chi connectivity index (χ1) is 17.3. The van der Waals surface area contributed by atoms with Crippen LogP contribution < -0.4 is 19.7 Å². The van der Waals surface area contributed by atoms with Crippen LogP contribution in [0.1, 0.15) is 38.2 Å². The lowest BCUT2D eigenvalue weighted by molar-refractivity contribution is -0.0152. The van der Waals surface area contributed by atoms with E-state index in [1.807, 2.05) is 12.4 Å². The standard InChI is InChI=1S/C25H37N5O5S/c1-3-5-19-14-28-24(29-15-19)30-10-8-25(9-11-30)13-20(17-35-25)27-16-21(31)18-34-22-6-4-7-23(12-22)36(32,33)26-2/h4,6-7,12,14-15,20-21,26-27,31H,3,5,8-11,13,16-18H2,1-2H3/t20-,21+/m1/s1. The number of aliphatic hydroxyl groups excluding tert-OH is 1. The number of ether oxygens (including phenoxy) is 2. The highest BCUT2D eigenvalue weighted by Gasteiger charge is 2.43. The van der Waals surface area contributed by atoms with Crippen molar-refractivity contribution in [1.29, 1.82) is 0 Å². The fourth-order valence-corrected chi connectivity index (χ4v) is 5.53. The molecule has 2 aromatic rings. The molecule has 0 unspecified atom stereocenters. The SMILES string of the molecule is CCCc1cnc(N2CCC3(CC2)C[C@@H](NC[C@H](O)COc2cccc(S(=O)(=O)NC)c2)CO3)nc1. The molecule has 2 fully saturated rings. The number of rotatable bonds is 11. The van der Waals surface area contributed by atoms with Gasteiger partial charge in [-0.25, -0.2) is 23.1 Å². The van der Waals surface area contributed by atoms with E-state index in [9.17, 15) is 13.5 Å². The summed E-state index contributed by atoms with van der Waals surface area (Å²) in [6, 6.07) is 6.38. The zero-order valence-corrected chi connectivity index (χ0v) is 21.8. The molecule has 2 saturated heterocycles. The second-order valence-corrected chi connectivity index (χ2v) is 11.5. The van der Waals surface area contributed by atoms with Gasteiger partial charge in [-0.15, -0.1) is 0 Å². The quantitative estimate of drug-likeness (QED) is 0.405. The number of aliphatic hydroxyl groups is 1. The number of benzene rings is 1. The van der Waals surface area contributed by atoms with Crippen LogP contribution >= 0.6 is 0 Å². The lowest BCUT2D eigenvalue weighted by Crippen LogP contribution is -2.45. The van der Waals surface area contributed by atoms with Gasteiger partial charge < -0.3 is 24.8 Å². The molecule has 2 aliphatic rings. The monoisotopic (exact) mass is 519 g/mol. The molecule has 10 nitrogen and oxygen atoms in total. The van der Waals surface area contributed by atoms with Crippen molar-refractivity contribution in [2.45, 2.75) is 61.7 Å². The number of hydrogen-bond acceptors (Lipinski definition) is 9. The van der Waals surface area contributed by atoms with Crippen LogP contribution in [0.3, 0.4) is 0 Å². The molecule has 36 heavy (non-hydrogen) atoms. The Kier molecular flexibility index (Phi) is 8.78. The average Bonchev–Trinajstić information content (AvgIpc) is 3.30. The van der Waals surface area contributed by atoms with Crippen molar-refractivity contribution in [2.75, 3.05) is 44.8 Å². The third-order valence-corrected chi connectivity index (χ3v) is 8.28. The predicted molar refractivity (Wildman–Crippen MR) is 137 cm³/mol. The molecular weight excluding hydrogens is 482 g/mol. The van der Waals surface area contributed by atoms with Gasteiger partial charge in [0.05, 0.1) is 17.1 Å². The molecule has 4 rings (SSSR count). The lowest BCUT2D eigenvalue weighted by atomic mass is 9.87. The van der Waals surface area contributed by atoms with Crippen molar-refractivity contribution < 1.29 is 23.0 Å². The minimum atomic E-state index is -3.55. The summed E-state index contributed by atoms with van der Waals surface area (Å²) in [5.41, 5.74) is 1.03. The van der Waals surface area contributed by atoms with Crippen LogP contribution in [-0.4, -0.2) is 81.1 Å². The average molecular weight is 520 g/mol. The van der Waals surface area contributed by atoms with Crippen molar-refractivity contribution in [3.63, 3.8) is 0 Å². The fraction of sp³-hybridized carbons (Fsp3) is 0.600. The van der Waals surface area contributed by atoms with E-state index in [0.717, 1.165) is 51.1 Å². The zero-order valence-electron chi connectivity index (χ0n) is 21.0. The number of aromatic nitrogens is 2. The largest absolute Gasteiger partial charge is 0.491 e. The van der Waals surface area contributed by atoms with Crippen molar-refractivity contribution >= 4 is 16.0 Å². The molecule has 0 bridgehead atoms. The van der Waals surface area contributed by atoms with Crippen molar-refractivity contribution in [3.05, 3.63) is 42.2 Å². The topological polar surface area (TPSA) is 126 Å².